The van der Waals surface area contributed by atoms with Gasteiger partial charge in [0.05, 0.1) is 33.1 Å². The third kappa shape index (κ3) is 8.31. The van der Waals surface area contributed by atoms with Crippen molar-refractivity contribution in [3.63, 3.8) is 0 Å². The van der Waals surface area contributed by atoms with Gasteiger partial charge in [0.2, 0.25) is 5.95 Å². The maximum Gasteiger partial charge on any atom is 0.472 e. The number of nitrogens with zero attached hydrogens (tertiary/aromatic N) is 2. The van der Waals surface area contributed by atoms with E-state index in [-0.39, 0.29) is 56.7 Å². The van der Waals surface area contributed by atoms with Gasteiger partial charge in [-0.3, -0.25) is 27.9 Å². The Morgan fingerprint density at radius 1 is 0.884 bits per heavy atom. The molecule has 0 saturated heterocycles. The molecule has 2 aliphatic rings. The van der Waals surface area contributed by atoms with Crippen molar-refractivity contribution < 1.29 is 37.0 Å². The van der Waals surface area contributed by atoms with E-state index < -0.39 is 27.1 Å². The molecule has 43 heavy (non-hydrogen) atoms. The summed E-state index contributed by atoms with van der Waals surface area (Å²) in [6.45, 7) is -0.166. The Hall–Kier alpha value is -3.06. The van der Waals surface area contributed by atoms with Gasteiger partial charge in [0.15, 0.2) is 5.82 Å². The molecule has 1 aliphatic carbocycles. The van der Waals surface area contributed by atoms with Crippen LogP contribution < -0.4 is 21.5 Å². The maximum atomic E-state index is 12.7. The molecule has 2 aromatic carbocycles. The second-order valence-electron chi connectivity index (χ2n) is 10.3. The van der Waals surface area contributed by atoms with Crippen molar-refractivity contribution in [2.45, 2.75) is 25.3 Å². The van der Waals surface area contributed by atoms with Crippen LogP contribution in [0.1, 0.15) is 17.5 Å². The number of nitrogens with one attached hydrogen (secondary N) is 2. The number of H-pyrrole nitrogens is 1. The predicted molar refractivity (Wildman–Crippen MR) is 159 cm³/mol. The summed E-state index contributed by atoms with van der Waals surface area (Å²) in [6.07, 6.45) is 1.31. The number of aromatic amines is 1. The standard InChI is InChI=1S/C27H35N5O9P2/c28-27-30-25-24(26(33)31-27)29-18-32(25)23-15-21(16-40-42(34,35)38-13-11-19-7-3-1-4-8-19)22(23)17-41-43(36,37)39-14-12-20-9-5-2-6-10-20/h1-10,21-23,29H,11-18H2,(H,34,35)(H,36,37)(H3,28,30,31,33)/t21-,22-,23-/m1/s1. The minimum Gasteiger partial charge on any atom is -0.369 e. The number of benzene rings is 2. The number of phosphoric ester groups is 2. The van der Waals surface area contributed by atoms with Crippen LogP contribution in [-0.4, -0.2) is 58.9 Å². The van der Waals surface area contributed by atoms with Crippen LogP contribution in [0.25, 0.3) is 0 Å². The summed E-state index contributed by atoms with van der Waals surface area (Å²) in [5.74, 6) is -0.488. The Morgan fingerprint density at radius 3 is 2.02 bits per heavy atom. The Morgan fingerprint density at radius 2 is 1.44 bits per heavy atom. The van der Waals surface area contributed by atoms with Crippen molar-refractivity contribution in [1.82, 2.24) is 9.97 Å². The molecule has 232 valence electrons. The first-order valence-corrected chi connectivity index (χ1v) is 16.8. The van der Waals surface area contributed by atoms with Crippen LogP contribution in [0.5, 0.6) is 0 Å². The third-order valence-electron chi connectivity index (χ3n) is 7.52. The molecular formula is C27H35N5O9P2. The first-order chi connectivity index (χ1) is 20.6. The van der Waals surface area contributed by atoms with Crippen molar-refractivity contribution in [3.8, 4) is 0 Å². The molecule has 3 aromatic rings. The molecule has 16 heteroatoms. The van der Waals surface area contributed by atoms with E-state index in [2.05, 4.69) is 15.3 Å². The summed E-state index contributed by atoms with van der Waals surface area (Å²) in [6, 6.07) is 18.5. The van der Waals surface area contributed by atoms with Crippen molar-refractivity contribution in [2.24, 2.45) is 11.8 Å². The van der Waals surface area contributed by atoms with Gasteiger partial charge in [-0.05, 0) is 36.3 Å². The van der Waals surface area contributed by atoms with E-state index in [9.17, 15) is 23.7 Å². The van der Waals surface area contributed by atoms with E-state index in [1.807, 2.05) is 65.6 Å². The van der Waals surface area contributed by atoms with Gasteiger partial charge in [-0.25, -0.2) is 9.13 Å². The van der Waals surface area contributed by atoms with Crippen LogP contribution in [0, 0.1) is 11.8 Å². The summed E-state index contributed by atoms with van der Waals surface area (Å²) >= 11 is 0. The molecule has 1 aromatic heterocycles. The summed E-state index contributed by atoms with van der Waals surface area (Å²) in [5.41, 5.74) is 7.51. The monoisotopic (exact) mass is 635 g/mol. The van der Waals surface area contributed by atoms with Crippen molar-refractivity contribution in [2.75, 3.05) is 49.0 Å². The van der Waals surface area contributed by atoms with Gasteiger partial charge in [-0.1, -0.05) is 60.7 Å². The lowest BCUT2D eigenvalue weighted by Crippen LogP contribution is -2.55. The molecule has 1 saturated carbocycles. The number of nitrogen functional groups attached to an aromatic ring is 1. The first-order valence-electron chi connectivity index (χ1n) is 13.8. The number of phosphoric acid groups is 2. The molecule has 2 heterocycles. The molecule has 0 spiro atoms. The highest BCUT2D eigenvalue weighted by molar-refractivity contribution is 7.47. The highest BCUT2D eigenvalue weighted by Gasteiger charge is 2.48. The van der Waals surface area contributed by atoms with Gasteiger partial charge in [0.25, 0.3) is 5.56 Å². The smallest absolute Gasteiger partial charge is 0.369 e. The highest BCUT2D eigenvalue weighted by Crippen LogP contribution is 2.51. The summed E-state index contributed by atoms with van der Waals surface area (Å²) in [7, 11) is -8.78. The van der Waals surface area contributed by atoms with Gasteiger partial charge < -0.3 is 25.7 Å². The maximum absolute atomic E-state index is 12.7. The average molecular weight is 636 g/mol. The van der Waals surface area contributed by atoms with E-state index in [1.165, 1.54) is 0 Å². The molecule has 6 N–H and O–H groups in total. The fraction of sp³-hybridized carbons (Fsp3) is 0.407. The number of fused-ring (bicyclic) bond motifs is 1. The zero-order valence-electron chi connectivity index (χ0n) is 23.3. The number of rotatable bonds is 15. The zero-order chi connectivity index (χ0) is 30.5. The molecule has 0 radical (unpaired) electrons. The van der Waals surface area contributed by atoms with E-state index in [4.69, 9.17) is 23.8 Å². The van der Waals surface area contributed by atoms with E-state index in [0.717, 1.165) is 11.1 Å². The molecule has 0 bridgehead atoms. The summed E-state index contributed by atoms with van der Waals surface area (Å²) in [5, 5.41) is 3.00. The Bertz CT molecular complexity index is 1530. The molecule has 2 unspecified atom stereocenters. The number of hydrogen-bond donors (Lipinski definition) is 5. The normalized spacial score (nSPS) is 22.2. The van der Waals surface area contributed by atoms with Crippen molar-refractivity contribution in [3.05, 3.63) is 82.1 Å². The number of hydrogen-bond acceptors (Lipinski definition) is 11. The highest BCUT2D eigenvalue weighted by atomic mass is 31.2. The number of anilines is 3. The van der Waals surface area contributed by atoms with Crippen LogP contribution in [0.4, 0.5) is 17.5 Å². The average Bonchev–Trinajstić information content (AvgIpc) is 3.37. The number of aromatic nitrogens is 2. The SMILES string of the molecule is Nc1nc2c(c(=O)[nH]1)NCN2[C@@H]1C[C@H](COP(=O)(O)OCCc2ccccc2)[C@H]1COP(=O)(O)OCCc1ccccc1. The fourth-order valence-corrected chi connectivity index (χ4v) is 6.76. The predicted octanol–water partition coefficient (Wildman–Crippen LogP) is 3.30. The van der Waals surface area contributed by atoms with Crippen LogP contribution in [0.3, 0.4) is 0 Å². The molecule has 0 amide bonds. The largest absolute Gasteiger partial charge is 0.472 e. The lowest BCUT2D eigenvalue weighted by Gasteiger charge is -2.48. The third-order valence-corrected chi connectivity index (χ3v) is 9.49. The quantitative estimate of drug-likeness (QED) is 0.153. The Balaban J connectivity index is 1.20. The minimum atomic E-state index is -4.42. The Kier molecular flexibility index (Phi) is 10.0. The van der Waals surface area contributed by atoms with Gasteiger partial charge in [0.1, 0.15) is 5.69 Å². The molecular weight excluding hydrogens is 600 g/mol. The van der Waals surface area contributed by atoms with E-state index in [1.54, 1.807) is 0 Å². The first kappa shape index (κ1) is 31.4. The van der Waals surface area contributed by atoms with Crippen molar-refractivity contribution in [1.29, 1.82) is 0 Å². The van der Waals surface area contributed by atoms with Gasteiger partial charge in [-0.2, -0.15) is 4.98 Å². The van der Waals surface area contributed by atoms with Crippen molar-refractivity contribution >= 4 is 33.1 Å². The van der Waals surface area contributed by atoms with Crippen LogP contribution in [-0.2, 0) is 40.1 Å². The minimum absolute atomic E-state index is 0.0104. The summed E-state index contributed by atoms with van der Waals surface area (Å²) in [4.78, 5) is 41.5. The van der Waals surface area contributed by atoms with E-state index >= 15 is 0 Å². The zero-order valence-corrected chi connectivity index (χ0v) is 25.1. The van der Waals surface area contributed by atoms with Crippen LogP contribution >= 0.6 is 15.6 Å². The fourth-order valence-electron chi connectivity index (χ4n) is 5.23. The van der Waals surface area contributed by atoms with Gasteiger partial charge in [0, 0.05) is 12.0 Å². The molecule has 14 nitrogen and oxygen atoms in total. The second-order valence-corrected chi connectivity index (χ2v) is 13.3. The van der Waals surface area contributed by atoms with Crippen LogP contribution in [0.15, 0.2) is 65.5 Å². The molecule has 5 atom stereocenters. The molecule has 1 aliphatic heterocycles. The lowest BCUT2D eigenvalue weighted by atomic mass is 9.69. The topological polar surface area (TPSA) is 199 Å². The summed E-state index contributed by atoms with van der Waals surface area (Å²) < 4.78 is 46.3. The second kappa shape index (κ2) is 13.7. The van der Waals surface area contributed by atoms with Gasteiger partial charge >= 0.3 is 15.6 Å². The van der Waals surface area contributed by atoms with Gasteiger partial charge in [-0.15, -0.1) is 0 Å². The van der Waals surface area contributed by atoms with Crippen LogP contribution in [0.2, 0.25) is 0 Å². The number of nitrogens with two attached hydrogens (primary N) is 1. The molecule has 1 fully saturated rings. The Labute approximate surface area is 248 Å². The lowest BCUT2D eigenvalue weighted by molar-refractivity contribution is 0.0128. The molecule has 5 rings (SSSR count). The van der Waals surface area contributed by atoms with E-state index in [0.29, 0.717) is 25.1 Å².